The Morgan fingerprint density at radius 2 is 1.56 bits per heavy atom. The number of alkyl halides is 3. The SMILES string of the molecule is CC.CC.Cc1cc(CO)c(C)nc1C(F)(F)F. The number of aromatic nitrogens is 1. The van der Waals surface area contributed by atoms with Crippen LogP contribution >= 0.6 is 0 Å². The van der Waals surface area contributed by atoms with Gasteiger partial charge in [-0.05, 0) is 31.0 Å². The summed E-state index contributed by atoms with van der Waals surface area (Å²) in [6.07, 6.45) is -4.43. The van der Waals surface area contributed by atoms with E-state index in [1.165, 1.54) is 19.9 Å². The van der Waals surface area contributed by atoms with Crippen molar-refractivity contribution in [3.8, 4) is 0 Å². The van der Waals surface area contributed by atoms with E-state index < -0.39 is 11.9 Å². The molecule has 0 bridgehead atoms. The van der Waals surface area contributed by atoms with E-state index in [1.54, 1.807) is 0 Å². The Hall–Kier alpha value is -1.10. The summed E-state index contributed by atoms with van der Waals surface area (Å²) in [5.41, 5.74) is -0.208. The van der Waals surface area contributed by atoms with E-state index in [0.717, 1.165) is 0 Å². The van der Waals surface area contributed by atoms with Crippen molar-refractivity contribution >= 4 is 0 Å². The summed E-state index contributed by atoms with van der Waals surface area (Å²) < 4.78 is 37.0. The van der Waals surface area contributed by atoms with E-state index in [0.29, 0.717) is 5.56 Å². The Balaban J connectivity index is 0. The van der Waals surface area contributed by atoms with Gasteiger partial charge in [0.05, 0.1) is 6.61 Å². The number of aryl methyl sites for hydroxylation is 2. The van der Waals surface area contributed by atoms with Crippen molar-refractivity contribution in [3.05, 3.63) is 28.6 Å². The van der Waals surface area contributed by atoms with Crippen molar-refractivity contribution in [1.82, 2.24) is 4.98 Å². The third kappa shape index (κ3) is 5.49. The minimum atomic E-state index is -4.43. The van der Waals surface area contributed by atoms with Crippen LogP contribution in [0, 0.1) is 13.8 Å². The number of halogens is 3. The minimum absolute atomic E-state index is 0.0344. The number of aliphatic hydroxyl groups excluding tert-OH is 1. The Labute approximate surface area is 107 Å². The van der Waals surface area contributed by atoms with E-state index in [2.05, 4.69) is 4.98 Å². The van der Waals surface area contributed by atoms with Crippen LogP contribution in [0.5, 0.6) is 0 Å². The average Bonchev–Trinajstić information content (AvgIpc) is 2.35. The summed E-state index contributed by atoms with van der Waals surface area (Å²) in [5, 5.41) is 8.82. The molecule has 0 amide bonds. The topological polar surface area (TPSA) is 33.1 Å². The highest BCUT2D eigenvalue weighted by molar-refractivity contribution is 5.30. The second-order valence-corrected chi connectivity index (χ2v) is 3.05. The van der Waals surface area contributed by atoms with Gasteiger partial charge >= 0.3 is 6.18 Å². The van der Waals surface area contributed by atoms with Crippen LogP contribution in [0.2, 0.25) is 0 Å². The van der Waals surface area contributed by atoms with Gasteiger partial charge in [0.1, 0.15) is 5.69 Å². The molecule has 1 rings (SSSR count). The van der Waals surface area contributed by atoms with Gasteiger partial charge in [-0.3, -0.25) is 0 Å². The fourth-order valence-electron chi connectivity index (χ4n) is 1.21. The molecule has 0 radical (unpaired) electrons. The van der Waals surface area contributed by atoms with Crippen LogP contribution in [-0.4, -0.2) is 10.1 Å². The van der Waals surface area contributed by atoms with Crippen molar-refractivity contribution in [2.75, 3.05) is 0 Å². The fourth-order valence-corrected chi connectivity index (χ4v) is 1.21. The molecule has 1 aromatic rings. The highest BCUT2D eigenvalue weighted by Crippen LogP contribution is 2.30. The molecule has 0 atom stereocenters. The molecular weight excluding hydrogens is 243 g/mol. The first kappa shape index (κ1) is 19.2. The zero-order chi connectivity index (χ0) is 14.9. The number of pyridine rings is 1. The van der Waals surface area contributed by atoms with Gasteiger partial charge in [0.2, 0.25) is 0 Å². The van der Waals surface area contributed by atoms with Gasteiger partial charge in [-0.25, -0.2) is 4.98 Å². The first-order valence-corrected chi connectivity index (χ1v) is 6.01. The summed E-state index contributed by atoms with van der Waals surface area (Å²) in [6, 6.07) is 1.31. The highest BCUT2D eigenvalue weighted by Gasteiger charge is 2.34. The van der Waals surface area contributed by atoms with Gasteiger partial charge in [0, 0.05) is 5.69 Å². The minimum Gasteiger partial charge on any atom is -0.392 e. The number of nitrogens with zero attached hydrogens (tertiary/aromatic N) is 1. The Kier molecular flexibility index (Phi) is 9.53. The molecule has 2 nitrogen and oxygen atoms in total. The van der Waals surface area contributed by atoms with Crippen LogP contribution in [0.15, 0.2) is 6.07 Å². The largest absolute Gasteiger partial charge is 0.433 e. The van der Waals surface area contributed by atoms with E-state index in [-0.39, 0.29) is 17.9 Å². The smallest absolute Gasteiger partial charge is 0.392 e. The lowest BCUT2D eigenvalue weighted by Crippen LogP contribution is -2.12. The summed E-state index contributed by atoms with van der Waals surface area (Å²) in [6.45, 7) is 10.5. The van der Waals surface area contributed by atoms with E-state index in [1.807, 2.05) is 27.7 Å². The molecule has 1 aromatic heterocycles. The van der Waals surface area contributed by atoms with Crippen LogP contribution in [0.25, 0.3) is 0 Å². The van der Waals surface area contributed by atoms with Crippen LogP contribution in [-0.2, 0) is 12.8 Å². The lowest BCUT2D eigenvalue weighted by Gasteiger charge is -2.11. The lowest BCUT2D eigenvalue weighted by atomic mass is 10.1. The average molecular weight is 265 g/mol. The third-order valence-corrected chi connectivity index (χ3v) is 1.95. The highest BCUT2D eigenvalue weighted by atomic mass is 19.4. The third-order valence-electron chi connectivity index (χ3n) is 1.95. The molecule has 0 aromatic carbocycles. The molecule has 0 saturated heterocycles. The molecule has 1 heterocycles. The molecule has 106 valence electrons. The van der Waals surface area contributed by atoms with Gasteiger partial charge in [0.15, 0.2) is 0 Å². The Morgan fingerprint density at radius 3 is 1.89 bits per heavy atom. The van der Waals surface area contributed by atoms with Crippen molar-refractivity contribution in [1.29, 1.82) is 0 Å². The molecule has 0 unspecified atom stereocenters. The normalized spacial score (nSPS) is 9.89. The second-order valence-electron chi connectivity index (χ2n) is 3.05. The van der Waals surface area contributed by atoms with E-state index in [9.17, 15) is 13.2 Å². The summed E-state index contributed by atoms with van der Waals surface area (Å²) in [4.78, 5) is 3.43. The predicted molar refractivity (Wildman–Crippen MR) is 67.3 cm³/mol. The Morgan fingerprint density at radius 1 is 1.11 bits per heavy atom. The maximum atomic E-state index is 12.3. The standard InChI is InChI=1S/C9H10F3NO.2C2H6/c1-5-3-7(4-14)6(2)13-8(5)9(10,11)12;2*1-2/h3,14H,4H2,1-2H3;2*1-2H3. The molecular formula is C13H22F3NO. The maximum Gasteiger partial charge on any atom is 0.433 e. The first-order chi connectivity index (χ1) is 8.36. The van der Waals surface area contributed by atoms with Gasteiger partial charge in [0.25, 0.3) is 0 Å². The summed E-state index contributed by atoms with van der Waals surface area (Å²) in [5.74, 6) is 0. The molecule has 0 aliphatic rings. The number of aliphatic hydroxyl groups is 1. The molecule has 0 fully saturated rings. The quantitative estimate of drug-likeness (QED) is 0.823. The van der Waals surface area contributed by atoms with Gasteiger partial charge in [-0.15, -0.1) is 0 Å². The van der Waals surface area contributed by atoms with Crippen molar-refractivity contribution in [3.63, 3.8) is 0 Å². The zero-order valence-corrected chi connectivity index (χ0v) is 11.8. The van der Waals surface area contributed by atoms with Gasteiger partial charge in [-0.2, -0.15) is 13.2 Å². The molecule has 0 aliphatic heterocycles. The number of hydrogen-bond acceptors (Lipinski definition) is 2. The van der Waals surface area contributed by atoms with Crippen LogP contribution in [0.3, 0.4) is 0 Å². The molecule has 18 heavy (non-hydrogen) atoms. The number of hydrogen-bond donors (Lipinski definition) is 1. The molecule has 0 saturated carbocycles. The van der Waals surface area contributed by atoms with E-state index in [4.69, 9.17) is 5.11 Å². The lowest BCUT2D eigenvalue weighted by molar-refractivity contribution is -0.141. The van der Waals surface area contributed by atoms with Crippen molar-refractivity contribution in [2.45, 2.75) is 54.3 Å². The van der Waals surface area contributed by atoms with Crippen molar-refractivity contribution in [2.24, 2.45) is 0 Å². The summed E-state index contributed by atoms with van der Waals surface area (Å²) >= 11 is 0. The predicted octanol–water partition coefficient (Wildman–Crippen LogP) is 4.26. The zero-order valence-electron chi connectivity index (χ0n) is 11.8. The fraction of sp³-hybridized carbons (Fsp3) is 0.615. The second kappa shape index (κ2) is 8.91. The molecule has 5 heteroatoms. The van der Waals surface area contributed by atoms with Crippen LogP contribution in [0.1, 0.15) is 50.2 Å². The monoisotopic (exact) mass is 265 g/mol. The first-order valence-electron chi connectivity index (χ1n) is 6.01. The summed E-state index contributed by atoms with van der Waals surface area (Å²) in [7, 11) is 0. The molecule has 0 spiro atoms. The van der Waals surface area contributed by atoms with Crippen molar-refractivity contribution < 1.29 is 18.3 Å². The molecule has 0 aliphatic carbocycles. The van der Waals surface area contributed by atoms with E-state index >= 15 is 0 Å². The van der Waals surface area contributed by atoms with Gasteiger partial charge < -0.3 is 5.11 Å². The van der Waals surface area contributed by atoms with Crippen LogP contribution < -0.4 is 0 Å². The van der Waals surface area contributed by atoms with Gasteiger partial charge in [-0.1, -0.05) is 27.7 Å². The Bertz CT molecular complexity index is 349. The molecule has 1 N–H and O–H groups in total. The maximum absolute atomic E-state index is 12.3. The number of rotatable bonds is 1. The van der Waals surface area contributed by atoms with Crippen LogP contribution in [0.4, 0.5) is 13.2 Å².